The van der Waals surface area contributed by atoms with Gasteiger partial charge in [-0.05, 0) is 32.8 Å². The molecule has 2 amide bonds. The molecule has 1 aliphatic rings. The van der Waals surface area contributed by atoms with E-state index in [1.54, 1.807) is 27.9 Å². The molecule has 0 saturated heterocycles. The van der Waals surface area contributed by atoms with E-state index in [2.05, 4.69) is 20.4 Å². The van der Waals surface area contributed by atoms with Crippen LogP contribution in [0.2, 0.25) is 0 Å². The zero-order chi connectivity index (χ0) is 18.5. The summed E-state index contributed by atoms with van der Waals surface area (Å²) in [7, 11) is 0. The van der Waals surface area contributed by atoms with Gasteiger partial charge in [0.2, 0.25) is 5.91 Å². The minimum atomic E-state index is -0.167. The number of nitrogens with zero attached hydrogens (tertiary/aromatic N) is 5. The Balaban J connectivity index is 1.64. The normalized spacial score (nSPS) is 13.5. The minimum Gasteiger partial charge on any atom is -0.348 e. The van der Waals surface area contributed by atoms with Gasteiger partial charge in [0.25, 0.3) is 5.91 Å². The molecule has 2 heterocycles. The van der Waals surface area contributed by atoms with Gasteiger partial charge in [-0.2, -0.15) is 5.10 Å². The fourth-order valence-electron chi connectivity index (χ4n) is 2.40. The molecular weight excluding hydrogens is 352 g/mol. The molecule has 0 radical (unpaired) electrons. The van der Waals surface area contributed by atoms with E-state index in [0.717, 1.165) is 12.8 Å². The molecule has 3 rings (SSSR count). The van der Waals surface area contributed by atoms with Crippen molar-refractivity contribution in [2.45, 2.75) is 37.8 Å². The number of nitrogens with one attached hydrogen (secondary N) is 1. The lowest BCUT2D eigenvalue weighted by molar-refractivity contribution is -0.127. The van der Waals surface area contributed by atoms with Gasteiger partial charge in [-0.1, -0.05) is 11.8 Å². The third-order valence-corrected chi connectivity index (χ3v) is 4.97. The topological polar surface area (TPSA) is 93.0 Å². The third kappa shape index (κ3) is 4.60. The highest BCUT2D eigenvalue weighted by molar-refractivity contribution is 7.99. The van der Waals surface area contributed by atoms with Crippen LogP contribution in [0.3, 0.4) is 0 Å². The Morgan fingerprint density at radius 1 is 1.31 bits per heavy atom. The standard InChI is InChI=1S/C17H22N6O2S/c1-3-22(4-2)16(24)10-26-15-9-14(18-11-19-15)23-8-7-13(21-23)17(25)20-12-5-6-12/h7-9,11-12H,3-6,10H2,1-2H3,(H,20,25). The molecule has 0 aliphatic heterocycles. The molecular formula is C17H22N6O2S. The minimum absolute atomic E-state index is 0.0817. The number of hydrogen-bond acceptors (Lipinski definition) is 6. The van der Waals surface area contributed by atoms with Crippen LogP contribution in [-0.2, 0) is 4.79 Å². The van der Waals surface area contributed by atoms with Gasteiger partial charge in [0.05, 0.1) is 5.75 Å². The molecule has 1 N–H and O–H groups in total. The van der Waals surface area contributed by atoms with Crippen molar-refractivity contribution in [3.8, 4) is 5.82 Å². The zero-order valence-electron chi connectivity index (χ0n) is 14.9. The maximum absolute atomic E-state index is 12.1. The molecule has 9 heteroatoms. The largest absolute Gasteiger partial charge is 0.348 e. The van der Waals surface area contributed by atoms with E-state index in [1.807, 2.05) is 13.8 Å². The van der Waals surface area contributed by atoms with E-state index >= 15 is 0 Å². The predicted molar refractivity (Wildman–Crippen MR) is 98.3 cm³/mol. The van der Waals surface area contributed by atoms with Crippen molar-refractivity contribution in [2.75, 3.05) is 18.8 Å². The first-order chi connectivity index (χ1) is 12.6. The number of carbonyl (C=O) groups excluding carboxylic acids is 2. The first-order valence-corrected chi connectivity index (χ1v) is 9.68. The fourth-order valence-corrected chi connectivity index (χ4v) is 3.16. The van der Waals surface area contributed by atoms with E-state index in [-0.39, 0.29) is 17.9 Å². The second-order valence-corrected chi connectivity index (χ2v) is 6.96. The van der Waals surface area contributed by atoms with Crippen molar-refractivity contribution >= 4 is 23.6 Å². The number of rotatable bonds is 8. The molecule has 1 aliphatic carbocycles. The summed E-state index contributed by atoms with van der Waals surface area (Å²) in [6, 6.07) is 3.71. The predicted octanol–water partition coefficient (Wildman–Crippen LogP) is 1.51. The highest BCUT2D eigenvalue weighted by Gasteiger charge is 2.24. The summed E-state index contributed by atoms with van der Waals surface area (Å²) >= 11 is 1.36. The van der Waals surface area contributed by atoms with Crippen LogP contribution in [-0.4, -0.2) is 61.3 Å². The molecule has 26 heavy (non-hydrogen) atoms. The summed E-state index contributed by atoms with van der Waals surface area (Å²) in [5, 5.41) is 7.88. The van der Waals surface area contributed by atoms with Crippen LogP contribution >= 0.6 is 11.8 Å². The SMILES string of the molecule is CCN(CC)C(=O)CSc1cc(-n2ccc(C(=O)NC3CC3)n2)ncn1. The van der Waals surface area contributed by atoms with Crippen molar-refractivity contribution in [2.24, 2.45) is 0 Å². The molecule has 2 aromatic rings. The summed E-state index contributed by atoms with van der Waals surface area (Å²) < 4.78 is 1.54. The Labute approximate surface area is 156 Å². The molecule has 0 aromatic carbocycles. The van der Waals surface area contributed by atoms with Crippen LogP contribution in [0.5, 0.6) is 0 Å². The number of amides is 2. The number of aromatic nitrogens is 4. The lowest BCUT2D eigenvalue weighted by Gasteiger charge is -2.17. The molecule has 8 nitrogen and oxygen atoms in total. The molecule has 0 unspecified atom stereocenters. The average Bonchev–Trinajstić information content (AvgIpc) is 3.32. The second kappa shape index (κ2) is 8.31. The Hall–Kier alpha value is -2.42. The van der Waals surface area contributed by atoms with Gasteiger partial charge in [0.15, 0.2) is 11.5 Å². The van der Waals surface area contributed by atoms with Gasteiger partial charge in [-0.15, -0.1) is 0 Å². The van der Waals surface area contributed by atoms with E-state index in [4.69, 9.17) is 0 Å². The van der Waals surface area contributed by atoms with Gasteiger partial charge in [0, 0.05) is 31.4 Å². The van der Waals surface area contributed by atoms with Crippen LogP contribution in [0.25, 0.3) is 5.82 Å². The molecule has 138 valence electrons. The maximum Gasteiger partial charge on any atom is 0.272 e. The zero-order valence-corrected chi connectivity index (χ0v) is 15.7. The van der Waals surface area contributed by atoms with Gasteiger partial charge in [0.1, 0.15) is 11.4 Å². The third-order valence-electron chi connectivity index (χ3n) is 4.06. The molecule has 2 aromatic heterocycles. The van der Waals surface area contributed by atoms with Crippen LogP contribution in [0.4, 0.5) is 0 Å². The van der Waals surface area contributed by atoms with E-state index < -0.39 is 0 Å². The Morgan fingerprint density at radius 2 is 2.08 bits per heavy atom. The molecule has 0 spiro atoms. The van der Waals surface area contributed by atoms with Crippen LogP contribution < -0.4 is 5.32 Å². The lowest BCUT2D eigenvalue weighted by atomic mass is 10.4. The maximum atomic E-state index is 12.1. The highest BCUT2D eigenvalue weighted by Crippen LogP contribution is 2.20. The molecule has 1 fully saturated rings. The number of carbonyl (C=O) groups is 2. The summed E-state index contributed by atoms with van der Waals surface area (Å²) in [5.74, 6) is 0.799. The monoisotopic (exact) mass is 374 g/mol. The molecule has 0 atom stereocenters. The van der Waals surface area contributed by atoms with E-state index in [0.29, 0.717) is 35.4 Å². The summed E-state index contributed by atoms with van der Waals surface area (Å²) in [6.07, 6.45) is 5.20. The highest BCUT2D eigenvalue weighted by atomic mass is 32.2. The van der Waals surface area contributed by atoms with Gasteiger partial charge in [-0.3, -0.25) is 9.59 Å². The molecule has 1 saturated carbocycles. The molecule has 0 bridgehead atoms. The Kier molecular flexibility index (Phi) is 5.87. The number of thioether (sulfide) groups is 1. The summed E-state index contributed by atoms with van der Waals surface area (Å²) in [5.41, 5.74) is 0.362. The van der Waals surface area contributed by atoms with Crippen molar-refractivity contribution in [3.05, 3.63) is 30.4 Å². The average molecular weight is 374 g/mol. The first-order valence-electron chi connectivity index (χ1n) is 8.70. The van der Waals surface area contributed by atoms with Crippen molar-refractivity contribution < 1.29 is 9.59 Å². The van der Waals surface area contributed by atoms with Crippen molar-refractivity contribution in [3.63, 3.8) is 0 Å². The van der Waals surface area contributed by atoms with Gasteiger partial charge >= 0.3 is 0 Å². The number of hydrogen-bond donors (Lipinski definition) is 1. The first kappa shape index (κ1) is 18.4. The van der Waals surface area contributed by atoms with E-state index in [9.17, 15) is 9.59 Å². The quantitative estimate of drug-likeness (QED) is 0.556. The van der Waals surface area contributed by atoms with Gasteiger partial charge < -0.3 is 10.2 Å². The van der Waals surface area contributed by atoms with Crippen molar-refractivity contribution in [1.29, 1.82) is 0 Å². The Morgan fingerprint density at radius 3 is 2.77 bits per heavy atom. The summed E-state index contributed by atoms with van der Waals surface area (Å²) in [4.78, 5) is 34.3. The van der Waals surface area contributed by atoms with Crippen molar-refractivity contribution in [1.82, 2.24) is 30.0 Å². The fraction of sp³-hybridized carbons (Fsp3) is 0.471. The second-order valence-electron chi connectivity index (χ2n) is 5.96. The smallest absolute Gasteiger partial charge is 0.272 e. The summed E-state index contributed by atoms with van der Waals surface area (Å²) in [6.45, 7) is 5.32. The van der Waals surface area contributed by atoms with Gasteiger partial charge in [-0.25, -0.2) is 14.6 Å². The van der Waals surface area contributed by atoms with Crippen LogP contribution in [0.15, 0.2) is 29.7 Å². The van der Waals surface area contributed by atoms with Crippen LogP contribution in [0, 0.1) is 0 Å². The Bertz CT molecular complexity index is 785. The van der Waals surface area contributed by atoms with Crippen LogP contribution in [0.1, 0.15) is 37.2 Å². The van der Waals surface area contributed by atoms with E-state index in [1.165, 1.54) is 18.1 Å². The lowest BCUT2D eigenvalue weighted by Crippen LogP contribution is -2.31.